The fourth-order valence-corrected chi connectivity index (χ4v) is 1.43. The minimum atomic E-state index is -0.0278. The van der Waals surface area contributed by atoms with Crippen LogP contribution in [0.2, 0.25) is 10.0 Å². The number of methoxy groups -OCH3 is 1. The van der Waals surface area contributed by atoms with Crippen LogP contribution in [0.25, 0.3) is 0 Å². The molecule has 0 amide bonds. The molecule has 0 fully saturated rings. The van der Waals surface area contributed by atoms with Gasteiger partial charge in [-0.2, -0.15) is 0 Å². The first kappa shape index (κ1) is 9.49. The number of ether oxygens (including phenoxy) is 1. The van der Waals surface area contributed by atoms with E-state index in [1.165, 1.54) is 13.2 Å². The zero-order chi connectivity index (χ0) is 9.30. The summed E-state index contributed by atoms with van der Waals surface area (Å²) in [4.78, 5) is 0. The van der Waals surface area contributed by atoms with Crippen LogP contribution in [0.4, 0.5) is 0 Å². The first-order valence-corrected chi connectivity index (χ1v) is 4.05. The summed E-state index contributed by atoms with van der Waals surface area (Å²) in [6, 6.07) is 1.51. The van der Waals surface area contributed by atoms with Gasteiger partial charge in [-0.15, -0.1) is 0 Å². The fourth-order valence-electron chi connectivity index (χ4n) is 0.970. The number of aryl methyl sites for hydroxylation is 1. The Morgan fingerprint density at radius 1 is 1.33 bits per heavy atom. The minimum Gasteiger partial charge on any atom is -0.506 e. The summed E-state index contributed by atoms with van der Waals surface area (Å²) in [5.41, 5.74) is 0.754. The van der Waals surface area contributed by atoms with Crippen molar-refractivity contribution in [2.75, 3.05) is 7.11 Å². The summed E-state index contributed by atoms with van der Waals surface area (Å²) in [6.07, 6.45) is 0. The van der Waals surface area contributed by atoms with Gasteiger partial charge in [0.1, 0.15) is 21.5 Å². The Labute approximate surface area is 80.7 Å². The molecule has 1 aromatic rings. The third kappa shape index (κ3) is 1.45. The molecule has 0 aliphatic rings. The molecular weight excluding hydrogens is 199 g/mol. The zero-order valence-corrected chi connectivity index (χ0v) is 8.20. The summed E-state index contributed by atoms with van der Waals surface area (Å²) < 4.78 is 4.98. The van der Waals surface area contributed by atoms with E-state index in [2.05, 4.69) is 0 Å². The lowest BCUT2D eigenvalue weighted by Gasteiger charge is -2.08. The largest absolute Gasteiger partial charge is 0.506 e. The molecule has 12 heavy (non-hydrogen) atoms. The van der Waals surface area contributed by atoms with E-state index in [0.717, 1.165) is 5.56 Å². The number of hydrogen-bond acceptors (Lipinski definition) is 2. The van der Waals surface area contributed by atoms with Crippen molar-refractivity contribution in [1.82, 2.24) is 0 Å². The number of aromatic hydroxyl groups is 1. The Hall–Kier alpha value is -0.600. The number of rotatable bonds is 1. The molecule has 0 aromatic heterocycles. The smallest absolute Gasteiger partial charge is 0.142 e. The number of benzene rings is 1. The Morgan fingerprint density at radius 3 is 2.42 bits per heavy atom. The van der Waals surface area contributed by atoms with Gasteiger partial charge in [-0.25, -0.2) is 0 Å². The second-order valence-electron chi connectivity index (χ2n) is 2.37. The van der Waals surface area contributed by atoms with Crippen molar-refractivity contribution in [3.63, 3.8) is 0 Å². The van der Waals surface area contributed by atoms with Crippen LogP contribution in [0.1, 0.15) is 5.56 Å². The Bertz CT molecular complexity index is 310. The molecule has 0 unspecified atom stereocenters. The highest BCUT2D eigenvalue weighted by Gasteiger charge is 2.12. The highest BCUT2D eigenvalue weighted by molar-refractivity contribution is 6.43. The topological polar surface area (TPSA) is 29.5 Å². The van der Waals surface area contributed by atoms with E-state index in [4.69, 9.17) is 27.9 Å². The summed E-state index contributed by atoms with van der Waals surface area (Å²) in [6.45, 7) is 1.78. The predicted octanol–water partition coefficient (Wildman–Crippen LogP) is 3.02. The van der Waals surface area contributed by atoms with Gasteiger partial charge in [-0.05, 0) is 18.6 Å². The second kappa shape index (κ2) is 3.42. The second-order valence-corrected chi connectivity index (χ2v) is 3.13. The van der Waals surface area contributed by atoms with Gasteiger partial charge in [-0.1, -0.05) is 23.2 Å². The molecule has 0 atom stereocenters. The number of halogens is 2. The Balaban J connectivity index is 3.40. The van der Waals surface area contributed by atoms with Crippen LogP contribution in [0, 0.1) is 6.92 Å². The number of phenols is 1. The lowest BCUT2D eigenvalue weighted by molar-refractivity contribution is 0.409. The number of hydrogen-bond donors (Lipinski definition) is 1. The SMILES string of the molecule is COc1c(C)cc(O)c(Cl)c1Cl. The van der Waals surface area contributed by atoms with Gasteiger partial charge >= 0.3 is 0 Å². The Kier molecular flexibility index (Phi) is 2.70. The summed E-state index contributed by atoms with van der Waals surface area (Å²) in [5, 5.41) is 9.60. The third-order valence-electron chi connectivity index (χ3n) is 1.53. The lowest BCUT2D eigenvalue weighted by Crippen LogP contribution is -1.88. The lowest BCUT2D eigenvalue weighted by atomic mass is 10.2. The molecule has 2 nitrogen and oxygen atoms in total. The van der Waals surface area contributed by atoms with E-state index in [1.54, 1.807) is 6.92 Å². The van der Waals surface area contributed by atoms with Crippen LogP contribution in [-0.2, 0) is 0 Å². The molecule has 1 aromatic carbocycles. The maximum atomic E-state index is 9.23. The van der Waals surface area contributed by atoms with Crippen LogP contribution in [-0.4, -0.2) is 12.2 Å². The quantitative estimate of drug-likeness (QED) is 0.766. The number of phenolic OH excluding ortho intramolecular Hbond substituents is 1. The standard InChI is InChI=1S/C8H8Cl2O2/c1-4-3-5(11)6(9)7(10)8(4)12-2/h3,11H,1-2H3. The van der Waals surface area contributed by atoms with Crippen molar-refractivity contribution in [2.45, 2.75) is 6.92 Å². The maximum Gasteiger partial charge on any atom is 0.142 e. The van der Waals surface area contributed by atoms with Crippen molar-refractivity contribution < 1.29 is 9.84 Å². The van der Waals surface area contributed by atoms with Gasteiger partial charge < -0.3 is 9.84 Å². The van der Waals surface area contributed by atoms with Crippen LogP contribution in [0.15, 0.2) is 6.07 Å². The van der Waals surface area contributed by atoms with Gasteiger partial charge in [-0.3, -0.25) is 0 Å². The van der Waals surface area contributed by atoms with Crippen molar-refractivity contribution in [3.8, 4) is 11.5 Å². The first-order chi connectivity index (χ1) is 5.57. The van der Waals surface area contributed by atoms with E-state index in [0.29, 0.717) is 5.75 Å². The molecule has 1 rings (SSSR count). The van der Waals surface area contributed by atoms with Crippen LogP contribution in [0.3, 0.4) is 0 Å². The summed E-state index contributed by atoms with van der Waals surface area (Å²) in [5.74, 6) is 0.472. The highest BCUT2D eigenvalue weighted by Crippen LogP contribution is 2.40. The van der Waals surface area contributed by atoms with Gasteiger partial charge in [0.2, 0.25) is 0 Å². The Morgan fingerprint density at radius 2 is 1.92 bits per heavy atom. The first-order valence-electron chi connectivity index (χ1n) is 3.29. The van der Waals surface area contributed by atoms with Crippen LogP contribution < -0.4 is 4.74 Å². The van der Waals surface area contributed by atoms with Crippen molar-refractivity contribution in [3.05, 3.63) is 21.7 Å². The van der Waals surface area contributed by atoms with E-state index in [-0.39, 0.29) is 15.8 Å². The molecule has 66 valence electrons. The normalized spacial score (nSPS) is 10.0. The molecular formula is C8H8Cl2O2. The van der Waals surface area contributed by atoms with Crippen molar-refractivity contribution in [1.29, 1.82) is 0 Å². The van der Waals surface area contributed by atoms with E-state index >= 15 is 0 Å². The zero-order valence-electron chi connectivity index (χ0n) is 6.69. The molecule has 0 heterocycles. The van der Waals surface area contributed by atoms with Crippen molar-refractivity contribution >= 4 is 23.2 Å². The van der Waals surface area contributed by atoms with Gasteiger partial charge in [0.15, 0.2) is 0 Å². The average Bonchev–Trinajstić information content (AvgIpc) is 2.01. The molecule has 0 radical (unpaired) electrons. The third-order valence-corrected chi connectivity index (χ3v) is 2.37. The van der Waals surface area contributed by atoms with Gasteiger partial charge in [0, 0.05) is 0 Å². The molecule has 0 saturated heterocycles. The molecule has 0 spiro atoms. The van der Waals surface area contributed by atoms with Gasteiger partial charge in [0.05, 0.1) is 7.11 Å². The predicted molar refractivity (Wildman–Crippen MR) is 49.4 cm³/mol. The minimum absolute atomic E-state index is 0.0278. The summed E-state index contributed by atoms with van der Waals surface area (Å²) in [7, 11) is 1.50. The molecule has 0 bridgehead atoms. The fraction of sp³-hybridized carbons (Fsp3) is 0.250. The highest BCUT2D eigenvalue weighted by atomic mass is 35.5. The molecule has 1 N–H and O–H groups in total. The molecule has 0 aliphatic heterocycles. The summed E-state index contributed by atoms with van der Waals surface area (Å²) >= 11 is 11.5. The molecule has 0 saturated carbocycles. The molecule has 4 heteroatoms. The van der Waals surface area contributed by atoms with Crippen LogP contribution >= 0.6 is 23.2 Å². The maximum absolute atomic E-state index is 9.23. The average molecular weight is 207 g/mol. The van der Waals surface area contributed by atoms with Crippen LogP contribution in [0.5, 0.6) is 11.5 Å². The van der Waals surface area contributed by atoms with Gasteiger partial charge in [0.25, 0.3) is 0 Å². The van der Waals surface area contributed by atoms with E-state index in [9.17, 15) is 5.11 Å². The molecule has 0 aliphatic carbocycles. The monoisotopic (exact) mass is 206 g/mol. The van der Waals surface area contributed by atoms with E-state index in [1.807, 2.05) is 0 Å². The van der Waals surface area contributed by atoms with E-state index < -0.39 is 0 Å². The van der Waals surface area contributed by atoms with Crippen molar-refractivity contribution in [2.24, 2.45) is 0 Å².